The summed E-state index contributed by atoms with van der Waals surface area (Å²) in [7, 11) is 4.68. The Morgan fingerprint density at radius 1 is 0.769 bits per heavy atom. The Morgan fingerprint density at radius 3 is 1.77 bits per heavy atom. The highest BCUT2D eigenvalue weighted by Crippen LogP contribution is 2.44. The van der Waals surface area contributed by atoms with Crippen molar-refractivity contribution < 1.29 is 4.48 Å². The molecule has 134 valence electrons. The maximum absolute atomic E-state index is 2.70. The maximum Gasteiger partial charge on any atom is 0.107 e. The van der Waals surface area contributed by atoms with Crippen molar-refractivity contribution in [2.75, 3.05) is 40.3 Å². The molecule has 0 aliphatic carbocycles. The van der Waals surface area contributed by atoms with Crippen LogP contribution in [0.5, 0.6) is 0 Å². The molecule has 2 nitrogen and oxygen atoms in total. The van der Waals surface area contributed by atoms with E-state index in [0.29, 0.717) is 0 Å². The molecule has 3 aromatic rings. The molecule has 1 aliphatic heterocycles. The molecule has 0 N–H and O–H groups in total. The molecule has 1 saturated heterocycles. The first-order valence-electron chi connectivity index (χ1n) is 9.35. The molecule has 0 saturated carbocycles. The Morgan fingerprint density at radius 2 is 1.31 bits per heavy atom. The van der Waals surface area contributed by atoms with Gasteiger partial charge in [-0.2, -0.15) is 0 Å². The maximum atomic E-state index is 2.70. The molecule has 0 radical (unpaired) electrons. The summed E-state index contributed by atoms with van der Waals surface area (Å²) in [4.78, 5) is 4.11. The van der Waals surface area contributed by atoms with Gasteiger partial charge in [-0.15, -0.1) is 11.3 Å². The molecule has 0 atom stereocenters. The summed E-state index contributed by atoms with van der Waals surface area (Å²) in [5.74, 6) is 0. The van der Waals surface area contributed by atoms with Gasteiger partial charge in [-0.25, -0.2) is 0 Å². The quantitative estimate of drug-likeness (QED) is 0.620. The van der Waals surface area contributed by atoms with Crippen molar-refractivity contribution >= 4 is 11.3 Å². The van der Waals surface area contributed by atoms with E-state index in [0.717, 1.165) is 17.6 Å². The summed E-state index contributed by atoms with van der Waals surface area (Å²) in [5, 5.41) is 2.21. The fraction of sp³-hybridized carbons (Fsp3) is 0.304. The fourth-order valence-corrected chi connectivity index (χ4v) is 5.15. The molecule has 0 spiro atoms. The topological polar surface area (TPSA) is 3.24 Å². The monoisotopic (exact) mass is 363 g/mol. The van der Waals surface area contributed by atoms with E-state index in [1.54, 1.807) is 0 Å². The lowest BCUT2D eigenvalue weighted by atomic mass is 9.79. The van der Waals surface area contributed by atoms with E-state index in [9.17, 15) is 0 Å². The molecule has 1 fully saturated rings. The number of hydrogen-bond donors (Lipinski definition) is 0. The highest BCUT2D eigenvalue weighted by Gasteiger charge is 2.45. The van der Waals surface area contributed by atoms with Crippen LogP contribution in [-0.4, -0.2) is 49.7 Å². The van der Waals surface area contributed by atoms with E-state index >= 15 is 0 Å². The van der Waals surface area contributed by atoms with Crippen LogP contribution in [0.3, 0.4) is 0 Å². The number of hydrogen-bond acceptors (Lipinski definition) is 2. The minimum absolute atomic E-state index is 0.211. The minimum atomic E-state index is -0.211. The van der Waals surface area contributed by atoms with E-state index in [4.69, 9.17) is 0 Å². The molecule has 2 aromatic carbocycles. The largest absolute Gasteiger partial charge is 0.326 e. The number of benzene rings is 2. The van der Waals surface area contributed by atoms with Gasteiger partial charge >= 0.3 is 0 Å². The Bertz CT molecular complexity index is 776. The predicted molar refractivity (Wildman–Crippen MR) is 111 cm³/mol. The van der Waals surface area contributed by atoms with E-state index in [1.807, 2.05) is 11.3 Å². The number of likely N-dealkylation sites (N-methyl/N-ethyl adjacent to an activating group) is 1. The number of rotatable bonds is 4. The second-order valence-corrected chi connectivity index (χ2v) is 8.74. The van der Waals surface area contributed by atoms with E-state index in [2.05, 4.69) is 97.2 Å². The van der Waals surface area contributed by atoms with Crippen LogP contribution in [0.25, 0.3) is 0 Å². The van der Waals surface area contributed by atoms with E-state index in [1.165, 1.54) is 29.1 Å². The first-order chi connectivity index (χ1) is 12.6. The van der Waals surface area contributed by atoms with Crippen molar-refractivity contribution in [1.29, 1.82) is 0 Å². The van der Waals surface area contributed by atoms with Crippen molar-refractivity contribution in [3.8, 4) is 0 Å². The highest BCUT2D eigenvalue weighted by molar-refractivity contribution is 7.10. The van der Waals surface area contributed by atoms with Crippen molar-refractivity contribution in [2.24, 2.45) is 0 Å². The first kappa shape index (κ1) is 17.5. The minimum Gasteiger partial charge on any atom is -0.326 e. The molecule has 1 aliphatic rings. The van der Waals surface area contributed by atoms with Gasteiger partial charge in [0.2, 0.25) is 0 Å². The van der Waals surface area contributed by atoms with Crippen LogP contribution >= 0.6 is 11.3 Å². The molecule has 0 bridgehead atoms. The number of nitrogens with zero attached hydrogens (tertiary/aromatic N) is 2. The lowest BCUT2D eigenvalue weighted by molar-refractivity contribution is -0.895. The van der Waals surface area contributed by atoms with Gasteiger partial charge in [-0.1, -0.05) is 66.7 Å². The number of quaternary nitrogens is 1. The van der Waals surface area contributed by atoms with Gasteiger partial charge in [-0.05, 0) is 22.6 Å². The second kappa shape index (κ2) is 6.99. The lowest BCUT2D eigenvalue weighted by Crippen LogP contribution is -2.60. The predicted octanol–water partition coefficient (Wildman–Crippen LogP) is 4.43. The second-order valence-electron chi connectivity index (χ2n) is 7.79. The molecule has 3 heteroatoms. The fourth-order valence-electron chi connectivity index (χ4n) is 4.16. The standard InChI is InChI=1S/C23H27N2S/c1-25(2)17-15-24(16-18-25)23(22-14-9-19-26-22,20-10-5-3-6-11-20)21-12-7-4-8-13-21/h3-14,19H,15-18H2,1-2H3/q+1. The summed E-state index contributed by atoms with van der Waals surface area (Å²) < 4.78 is 1.10. The highest BCUT2D eigenvalue weighted by atomic mass is 32.1. The third-order valence-electron chi connectivity index (χ3n) is 5.69. The summed E-state index contributed by atoms with van der Waals surface area (Å²) >= 11 is 1.87. The van der Waals surface area contributed by atoms with Crippen LogP contribution in [0.2, 0.25) is 0 Å². The van der Waals surface area contributed by atoms with E-state index in [-0.39, 0.29) is 5.54 Å². The van der Waals surface area contributed by atoms with Gasteiger partial charge < -0.3 is 4.48 Å². The van der Waals surface area contributed by atoms with Gasteiger partial charge in [0.25, 0.3) is 0 Å². The van der Waals surface area contributed by atoms with Crippen LogP contribution in [0.1, 0.15) is 16.0 Å². The van der Waals surface area contributed by atoms with Gasteiger partial charge in [0, 0.05) is 18.0 Å². The van der Waals surface area contributed by atoms with E-state index < -0.39 is 0 Å². The zero-order valence-electron chi connectivity index (χ0n) is 15.6. The van der Waals surface area contributed by atoms with Gasteiger partial charge in [0.15, 0.2) is 0 Å². The molecule has 2 heterocycles. The van der Waals surface area contributed by atoms with Gasteiger partial charge in [0.05, 0.1) is 27.2 Å². The normalized spacial score (nSPS) is 17.9. The van der Waals surface area contributed by atoms with Crippen molar-refractivity contribution in [3.63, 3.8) is 0 Å². The zero-order chi connectivity index (χ0) is 18.0. The molecule has 4 rings (SSSR count). The molecule has 26 heavy (non-hydrogen) atoms. The molecule has 0 unspecified atom stereocenters. The van der Waals surface area contributed by atoms with Crippen LogP contribution in [0, 0.1) is 0 Å². The Balaban J connectivity index is 1.93. The summed E-state index contributed by atoms with van der Waals surface area (Å²) in [6.07, 6.45) is 0. The average molecular weight is 364 g/mol. The Kier molecular flexibility index (Phi) is 4.70. The third kappa shape index (κ3) is 3.01. The van der Waals surface area contributed by atoms with Crippen LogP contribution in [0.15, 0.2) is 78.2 Å². The van der Waals surface area contributed by atoms with Crippen molar-refractivity contribution in [3.05, 3.63) is 94.2 Å². The van der Waals surface area contributed by atoms with Crippen LogP contribution in [0.4, 0.5) is 0 Å². The third-order valence-corrected chi connectivity index (χ3v) is 6.66. The lowest BCUT2D eigenvalue weighted by Gasteiger charge is -2.49. The van der Waals surface area contributed by atoms with Crippen molar-refractivity contribution in [2.45, 2.75) is 5.54 Å². The van der Waals surface area contributed by atoms with Crippen LogP contribution < -0.4 is 0 Å². The average Bonchev–Trinajstić information content (AvgIpc) is 3.20. The number of thiophene rings is 1. The first-order valence-corrected chi connectivity index (χ1v) is 10.2. The zero-order valence-corrected chi connectivity index (χ0v) is 16.5. The Labute approximate surface area is 160 Å². The summed E-state index contributed by atoms with van der Waals surface area (Å²) in [6, 6.07) is 26.6. The SMILES string of the molecule is C[N+]1(C)CCN(C(c2ccccc2)(c2ccccc2)c2cccs2)CC1. The molecular formula is C23H27N2S+. The molecule has 0 amide bonds. The van der Waals surface area contributed by atoms with Crippen LogP contribution in [-0.2, 0) is 5.54 Å². The molecular weight excluding hydrogens is 336 g/mol. The summed E-state index contributed by atoms with van der Waals surface area (Å²) in [6.45, 7) is 4.53. The van der Waals surface area contributed by atoms with Crippen molar-refractivity contribution in [1.82, 2.24) is 4.90 Å². The van der Waals surface area contributed by atoms with Gasteiger partial charge in [-0.3, -0.25) is 4.90 Å². The molecule has 1 aromatic heterocycles. The summed E-state index contributed by atoms with van der Waals surface area (Å²) in [5.41, 5.74) is 2.51. The van der Waals surface area contributed by atoms with Gasteiger partial charge in [0.1, 0.15) is 5.54 Å². The smallest absolute Gasteiger partial charge is 0.107 e. The Hall–Kier alpha value is -1.94. The number of piperazine rings is 1.